The van der Waals surface area contributed by atoms with Crippen LogP contribution in [0.3, 0.4) is 0 Å². The second-order valence-electron chi connectivity index (χ2n) is 5.09. The minimum Gasteiger partial charge on any atom is -0.395 e. The van der Waals surface area contributed by atoms with Crippen LogP contribution in [-0.2, 0) is 10.2 Å². The Labute approximate surface area is 104 Å². The number of hydrogen-bond donors (Lipinski definition) is 2. The lowest BCUT2D eigenvalue weighted by molar-refractivity contribution is 0.235. The molecule has 0 bridgehead atoms. The maximum Gasteiger partial charge on any atom is 0.279 e. The largest absolute Gasteiger partial charge is 0.395 e. The molecule has 1 unspecified atom stereocenters. The highest BCUT2D eigenvalue weighted by Gasteiger charge is 2.26. The molecule has 0 amide bonds. The summed E-state index contributed by atoms with van der Waals surface area (Å²) in [4.78, 5) is 0. The summed E-state index contributed by atoms with van der Waals surface area (Å²) in [7, 11) is -3.42. The molecule has 0 saturated carbocycles. The number of rotatable bonds is 6. The zero-order valence-corrected chi connectivity index (χ0v) is 11.5. The molecule has 1 heterocycles. The molecule has 1 aliphatic heterocycles. The van der Waals surface area contributed by atoms with E-state index in [2.05, 4.69) is 4.72 Å². The highest BCUT2D eigenvalue weighted by atomic mass is 32.2. The Morgan fingerprint density at radius 3 is 2.29 bits per heavy atom. The van der Waals surface area contributed by atoms with E-state index in [1.807, 2.05) is 13.8 Å². The fraction of sp³-hybridized carbons (Fsp3) is 1.00. The van der Waals surface area contributed by atoms with Crippen LogP contribution in [-0.4, -0.2) is 43.6 Å². The van der Waals surface area contributed by atoms with Gasteiger partial charge in [0.25, 0.3) is 10.2 Å². The van der Waals surface area contributed by atoms with E-state index in [0.29, 0.717) is 25.4 Å². The first-order valence-electron chi connectivity index (χ1n) is 6.34. The highest BCUT2D eigenvalue weighted by Crippen LogP contribution is 2.13. The van der Waals surface area contributed by atoms with E-state index in [4.69, 9.17) is 0 Å². The van der Waals surface area contributed by atoms with Gasteiger partial charge in [0.1, 0.15) is 0 Å². The smallest absolute Gasteiger partial charge is 0.279 e. The maximum atomic E-state index is 12.0. The van der Waals surface area contributed by atoms with E-state index in [-0.39, 0.29) is 12.6 Å². The lowest BCUT2D eigenvalue weighted by Gasteiger charge is -2.28. The molecule has 0 aromatic carbocycles. The number of aliphatic hydroxyl groups is 1. The van der Waals surface area contributed by atoms with Gasteiger partial charge < -0.3 is 5.11 Å². The summed E-state index contributed by atoms with van der Waals surface area (Å²) in [6, 6.07) is -0.373. The summed E-state index contributed by atoms with van der Waals surface area (Å²) in [6.07, 6.45) is 3.61. The van der Waals surface area contributed by atoms with Crippen LogP contribution in [0.1, 0.15) is 39.5 Å². The molecular weight excluding hydrogens is 240 g/mol. The highest BCUT2D eigenvalue weighted by molar-refractivity contribution is 7.87. The minimum atomic E-state index is -3.42. The Morgan fingerprint density at radius 1 is 1.24 bits per heavy atom. The second kappa shape index (κ2) is 6.68. The van der Waals surface area contributed by atoms with Crippen LogP contribution in [0.4, 0.5) is 0 Å². The summed E-state index contributed by atoms with van der Waals surface area (Å²) >= 11 is 0. The zero-order chi connectivity index (χ0) is 12.9. The first-order valence-corrected chi connectivity index (χ1v) is 7.78. The summed E-state index contributed by atoms with van der Waals surface area (Å²) in [5.41, 5.74) is 0. The van der Waals surface area contributed by atoms with Gasteiger partial charge in [-0.2, -0.15) is 17.4 Å². The van der Waals surface area contributed by atoms with Gasteiger partial charge in [0, 0.05) is 19.1 Å². The van der Waals surface area contributed by atoms with Gasteiger partial charge in [-0.1, -0.05) is 20.3 Å². The van der Waals surface area contributed by atoms with Crippen molar-refractivity contribution in [1.29, 1.82) is 0 Å². The van der Waals surface area contributed by atoms with Crippen LogP contribution in [0.15, 0.2) is 0 Å². The van der Waals surface area contributed by atoms with Gasteiger partial charge in [-0.3, -0.25) is 0 Å². The molecule has 1 atom stereocenters. The number of aliphatic hydroxyl groups excluding tert-OH is 1. The maximum absolute atomic E-state index is 12.0. The molecule has 6 heteroatoms. The molecule has 17 heavy (non-hydrogen) atoms. The Bertz CT molecular complexity index is 311. The standard InChI is InChI=1S/C11H24N2O3S/c1-10(2)8-11(9-14)12-17(15,16)13-6-4-3-5-7-13/h10-12,14H,3-9H2,1-2H3. The number of nitrogens with one attached hydrogen (secondary N) is 1. The van der Waals surface area contributed by atoms with Gasteiger partial charge in [0.2, 0.25) is 0 Å². The Hall–Kier alpha value is -0.170. The first-order chi connectivity index (χ1) is 7.95. The molecule has 102 valence electrons. The number of hydrogen-bond acceptors (Lipinski definition) is 3. The van der Waals surface area contributed by atoms with Crippen LogP contribution in [0, 0.1) is 5.92 Å². The minimum absolute atomic E-state index is 0.148. The average Bonchev–Trinajstić information content (AvgIpc) is 2.28. The molecule has 1 fully saturated rings. The van der Waals surface area contributed by atoms with E-state index >= 15 is 0 Å². The van der Waals surface area contributed by atoms with Crippen LogP contribution < -0.4 is 4.72 Å². The van der Waals surface area contributed by atoms with Gasteiger partial charge in [0.15, 0.2) is 0 Å². The molecule has 0 aliphatic carbocycles. The van der Waals surface area contributed by atoms with Crippen molar-refractivity contribution < 1.29 is 13.5 Å². The van der Waals surface area contributed by atoms with E-state index in [1.165, 1.54) is 4.31 Å². The summed E-state index contributed by atoms with van der Waals surface area (Å²) < 4.78 is 28.2. The van der Waals surface area contributed by atoms with Crippen molar-refractivity contribution in [3.63, 3.8) is 0 Å². The molecule has 5 nitrogen and oxygen atoms in total. The lowest BCUT2D eigenvalue weighted by Crippen LogP contribution is -2.48. The third kappa shape index (κ3) is 4.91. The van der Waals surface area contributed by atoms with Crippen molar-refractivity contribution in [2.24, 2.45) is 5.92 Å². The van der Waals surface area contributed by atoms with Crippen LogP contribution in [0.25, 0.3) is 0 Å². The predicted molar refractivity (Wildman–Crippen MR) is 67.8 cm³/mol. The van der Waals surface area contributed by atoms with Crippen molar-refractivity contribution >= 4 is 10.2 Å². The summed E-state index contributed by atoms with van der Waals surface area (Å²) in [5.74, 6) is 0.358. The predicted octanol–water partition coefficient (Wildman–Crippen LogP) is 0.714. The van der Waals surface area contributed by atoms with E-state index in [1.54, 1.807) is 0 Å². The monoisotopic (exact) mass is 264 g/mol. The van der Waals surface area contributed by atoms with E-state index in [0.717, 1.165) is 19.3 Å². The third-order valence-corrected chi connectivity index (χ3v) is 4.62. The average molecular weight is 264 g/mol. The van der Waals surface area contributed by atoms with Gasteiger partial charge in [-0.15, -0.1) is 0 Å². The normalized spacial score (nSPS) is 20.7. The Balaban J connectivity index is 2.56. The van der Waals surface area contributed by atoms with Crippen LogP contribution >= 0.6 is 0 Å². The van der Waals surface area contributed by atoms with Crippen molar-refractivity contribution in [3.05, 3.63) is 0 Å². The number of piperidine rings is 1. The van der Waals surface area contributed by atoms with E-state index < -0.39 is 10.2 Å². The SMILES string of the molecule is CC(C)CC(CO)NS(=O)(=O)N1CCCCC1. The summed E-state index contributed by atoms with van der Waals surface area (Å²) in [6.45, 7) is 5.06. The zero-order valence-electron chi connectivity index (χ0n) is 10.7. The van der Waals surface area contributed by atoms with Crippen molar-refractivity contribution in [2.75, 3.05) is 19.7 Å². The molecule has 0 spiro atoms. The van der Waals surface area contributed by atoms with Gasteiger partial charge in [-0.25, -0.2) is 0 Å². The molecule has 1 saturated heterocycles. The van der Waals surface area contributed by atoms with Gasteiger partial charge in [-0.05, 0) is 25.2 Å². The number of nitrogens with zero attached hydrogens (tertiary/aromatic N) is 1. The van der Waals surface area contributed by atoms with Crippen molar-refractivity contribution in [3.8, 4) is 0 Å². The topological polar surface area (TPSA) is 69.6 Å². The molecule has 0 aromatic rings. The van der Waals surface area contributed by atoms with Gasteiger partial charge in [0.05, 0.1) is 6.61 Å². The quantitative estimate of drug-likeness (QED) is 0.742. The fourth-order valence-electron chi connectivity index (χ4n) is 2.12. The molecule has 2 N–H and O–H groups in total. The van der Waals surface area contributed by atoms with E-state index in [9.17, 15) is 13.5 Å². The second-order valence-corrected chi connectivity index (χ2v) is 6.79. The lowest BCUT2D eigenvalue weighted by atomic mass is 10.1. The molecule has 1 rings (SSSR count). The molecule has 0 aromatic heterocycles. The molecule has 0 radical (unpaired) electrons. The van der Waals surface area contributed by atoms with Crippen molar-refractivity contribution in [1.82, 2.24) is 9.03 Å². The van der Waals surface area contributed by atoms with Crippen molar-refractivity contribution in [2.45, 2.75) is 45.6 Å². The third-order valence-electron chi connectivity index (χ3n) is 2.95. The summed E-state index contributed by atoms with van der Waals surface area (Å²) in [5, 5.41) is 9.19. The molecular formula is C11H24N2O3S. The Morgan fingerprint density at radius 2 is 1.82 bits per heavy atom. The van der Waals surface area contributed by atoms with Crippen LogP contribution in [0.5, 0.6) is 0 Å². The van der Waals surface area contributed by atoms with Crippen LogP contribution in [0.2, 0.25) is 0 Å². The Kier molecular flexibility index (Phi) is 5.85. The first kappa shape index (κ1) is 14.9. The fourth-order valence-corrected chi connectivity index (χ4v) is 3.60. The molecule has 1 aliphatic rings. The van der Waals surface area contributed by atoms with Gasteiger partial charge >= 0.3 is 0 Å².